The summed E-state index contributed by atoms with van der Waals surface area (Å²) in [6, 6.07) is 0. The number of hydrogen-bond donors (Lipinski definition) is 0. The molecule has 0 saturated heterocycles. The van der Waals surface area contributed by atoms with Crippen molar-refractivity contribution in [1.29, 1.82) is 0 Å². The summed E-state index contributed by atoms with van der Waals surface area (Å²) in [5.74, 6) is -3.25. The molecule has 0 saturated carbocycles. The minimum absolute atomic E-state index is 0. The first-order valence-corrected chi connectivity index (χ1v) is 7.79. The van der Waals surface area contributed by atoms with Gasteiger partial charge in [-0.3, -0.25) is 0 Å². The summed E-state index contributed by atoms with van der Waals surface area (Å²) in [5, 5.41) is 26.7. The third-order valence-corrected chi connectivity index (χ3v) is 1.85. The van der Waals surface area contributed by atoms with Gasteiger partial charge in [-0.05, 0) is 40.0 Å². The molecule has 0 N–H and O–H groups in total. The second-order valence-electron chi connectivity index (χ2n) is 4.58. The van der Waals surface area contributed by atoms with Gasteiger partial charge in [0.25, 0.3) is 0 Å². The van der Waals surface area contributed by atoms with Crippen LogP contribution in [-0.2, 0) is 14.4 Å². The van der Waals surface area contributed by atoms with E-state index in [0.717, 1.165) is 20.8 Å². The number of unbranched alkanes of at least 4 members (excludes halogenated alkanes) is 5. The van der Waals surface area contributed by atoms with Crippen LogP contribution in [0.15, 0.2) is 12.2 Å². The maximum Gasteiger partial charge on any atom is 3.00 e. The van der Waals surface area contributed by atoms with Gasteiger partial charge in [0.15, 0.2) is 0 Å². The smallest absolute Gasteiger partial charge is 0.550 e. The second kappa shape index (κ2) is 33.3. The minimum atomic E-state index is -1.08. The molecule has 0 aromatic carbocycles. The standard InChI is InChI=1S/C11H22.3C2H4O2.Al/c1-3-5-7-9-11-10-8-6-4-2;3*1-2(3)4;/h7,9H,3-6,8,10-11H2,1-2H3;3*1H3,(H,3,4);/q;;;;+3/p-3. The third kappa shape index (κ3) is 179. The molecular formula is C17H31AlO6. The average Bonchev–Trinajstić information content (AvgIpc) is 2.36. The molecule has 0 heterocycles. The van der Waals surface area contributed by atoms with Crippen LogP contribution in [0.1, 0.15) is 79.6 Å². The number of carbonyl (C=O) groups excluding carboxylic acids is 3. The summed E-state index contributed by atoms with van der Waals surface area (Å²) in [4.78, 5) is 26.7. The van der Waals surface area contributed by atoms with Gasteiger partial charge < -0.3 is 29.7 Å². The zero-order valence-electron chi connectivity index (χ0n) is 15.6. The summed E-state index contributed by atoms with van der Waals surface area (Å²) in [6.45, 7) is 7.40. The van der Waals surface area contributed by atoms with E-state index in [1.54, 1.807) is 0 Å². The number of allylic oxidation sites excluding steroid dienone is 2. The van der Waals surface area contributed by atoms with Crippen LogP contribution in [0, 0.1) is 0 Å². The summed E-state index contributed by atoms with van der Waals surface area (Å²) in [6.07, 6.45) is 14.0. The molecule has 0 aliphatic heterocycles. The van der Waals surface area contributed by atoms with Gasteiger partial charge in [0, 0.05) is 17.9 Å². The van der Waals surface area contributed by atoms with Crippen LogP contribution < -0.4 is 15.3 Å². The van der Waals surface area contributed by atoms with Crippen molar-refractivity contribution in [1.82, 2.24) is 0 Å². The predicted molar refractivity (Wildman–Crippen MR) is 90.6 cm³/mol. The maximum absolute atomic E-state index is 8.89. The molecule has 0 atom stereocenters. The van der Waals surface area contributed by atoms with Crippen LogP contribution in [0.25, 0.3) is 0 Å². The van der Waals surface area contributed by atoms with Crippen LogP contribution in [0.2, 0.25) is 0 Å². The van der Waals surface area contributed by atoms with E-state index in [-0.39, 0.29) is 17.4 Å². The predicted octanol–water partition coefficient (Wildman–Crippen LogP) is 0.201. The molecule has 0 aliphatic carbocycles. The molecule has 0 aromatic heterocycles. The van der Waals surface area contributed by atoms with E-state index in [9.17, 15) is 0 Å². The van der Waals surface area contributed by atoms with Crippen molar-refractivity contribution in [3.05, 3.63) is 12.2 Å². The third-order valence-electron chi connectivity index (χ3n) is 1.85. The zero-order valence-corrected chi connectivity index (χ0v) is 16.8. The molecule has 0 radical (unpaired) electrons. The van der Waals surface area contributed by atoms with E-state index >= 15 is 0 Å². The molecule has 138 valence electrons. The summed E-state index contributed by atoms with van der Waals surface area (Å²) in [7, 11) is 0. The number of carbonyl (C=O) groups is 3. The molecule has 0 aromatic rings. The minimum Gasteiger partial charge on any atom is -0.550 e. The van der Waals surface area contributed by atoms with E-state index in [1.165, 1.54) is 44.9 Å². The van der Waals surface area contributed by atoms with Gasteiger partial charge >= 0.3 is 17.4 Å². The van der Waals surface area contributed by atoms with Crippen molar-refractivity contribution in [2.24, 2.45) is 0 Å². The van der Waals surface area contributed by atoms with Gasteiger partial charge in [-0.25, -0.2) is 0 Å². The fourth-order valence-electron chi connectivity index (χ4n) is 1.09. The SMILES string of the molecule is CC(=O)[O-].CC(=O)[O-].CC(=O)[O-].CCCC=CCCCCCC.[Al+3]. The van der Waals surface area contributed by atoms with Crippen LogP contribution in [-0.4, -0.2) is 35.3 Å². The van der Waals surface area contributed by atoms with E-state index in [4.69, 9.17) is 29.7 Å². The Morgan fingerprint density at radius 2 is 1.00 bits per heavy atom. The molecule has 24 heavy (non-hydrogen) atoms. The molecule has 0 aliphatic rings. The van der Waals surface area contributed by atoms with Gasteiger partial charge in [0.05, 0.1) is 0 Å². The van der Waals surface area contributed by atoms with E-state index in [0.29, 0.717) is 0 Å². The van der Waals surface area contributed by atoms with Crippen LogP contribution in [0.3, 0.4) is 0 Å². The van der Waals surface area contributed by atoms with Crippen molar-refractivity contribution in [2.75, 3.05) is 0 Å². The van der Waals surface area contributed by atoms with Crippen molar-refractivity contribution < 1.29 is 29.7 Å². The number of rotatable bonds is 7. The van der Waals surface area contributed by atoms with E-state index in [1.807, 2.05) is 0 Å². The Morgan fingerprint density at radius 3 is 1.29 bits per heavy atom. The number of aliphatic carboxylic acids is 3. The first-order chi connectivity index (χ1) is 10.6. The first-order valence-electron chi connectivity index (χ1n) is 7.79. The fraction of sp³-hybridized carbons (Fsp3) is 0.706. The Balaban J connectivity index is -0.0000000772. The molecule has 0 spiro atoms. The number of carboxylic acid groups (broad SMARTS) is 3. The van der Waals surface area contributed by atoms with Crippen LogP contribution in [0.5, 0.6) is 0 Å². The van der Waals surface area contributed by atoms with Gasteiger partial charge in [-0.2, -0.15) is 0 Å². The molecule has 0 fully saturated rings. The normalized spacial score (nSPS) is 8.21. The second-order valence-corrected chi connectivity index (χ2v) is 4.58. The summed E-state index contributed by atoms with van der Waals surface area (Å²) in [5.41, 5.74) is 0. The van der Waals surface area contributed by atoms with Crippen LogP contribution >= 0.6 is 0 Å². The molecule has 6 nitrogen and oxygen atoms in total. The number of carboxylic acids is 3. The Hall–Kier alpha value is -1.32. The quantitative estimate of drug-likeness (QED) is 0.364. The van der Waals surface area contributed by atoms with Crippen molar-refractivity contribution in [2.45, 2.75) is 79.6 Å². The van der Waals surface area contributed by atoms with Crippen molar-refractivity contribution >= 4 is 35.3 Å². The molecule has 0 rings (SSSR count). The Morgan fingerprint density at radius 1 is 0.667 bits per heavy atom. The molecule has 7 heteroatoms. The first kappa shape index (κ1) is 34.1. The van der Waals surface area contributed by atoms with E-state index in [2.05, 4.69) is 26.0 Å². The number of hydrogen-bond acceptors (Lipinski definition) is 6. The van der Waals surface area contributed by atoms with Gasteiger partial charge in [-0.1, -0.05) is 51.7 Å². The Kier molecular flexibility index (Phi) is 47.4. The molecule has 0 amide bonds. The molecular weight excluding hydrogens is 327 g/mol. The molecule has 0 bridgehead atoms. The maximum atomic E-state index is 8.89. The van der Waals surface area contributed by atoms with Crippen molar-refractivity contribution in [3.8, 4) is 0 Å². The molecule has 0 unspecified atom stereocenters. The summed E-state index contributed by atoms with van der Waals surface area (Å²) < 4.78 is 0. The largest absolute Gasteiger partial charge is 3.00 e. The topological polar surface area (TPSA) is 120 Å². The van der Waals surface area contributed by atoms with E-state index < -0.39 is 17.9 Å². The zero-order chi connectivity index (χ0) is 19.1. The van der Waals surface area contributed by atoms with Crippen molar-refractivity contribution in [3.63, 3.8) is 0 Å². The Labute approximate surface area is 157 Å². The summed E-state index contributed by atoms with van der Waals surface area (Å²) >= 11 is 0. The average molecular weight is 358 g/mol. The van der Waals surface area contributed by atoms with Crippen LogP contribution in [0.4, 0.5) is 0 Å². The van der Waals surface area contributed by atoms with Gasteiger partial charge in [0.2, 0.25) is 0 Å². The monoisotopic (exact) mass is 358 g/mol. The fourth-order valence-corrected chi connectivity index (χ4v) is 1.09. The van der Waals surface area contributed by atoms with Gasteiger partial charge in [0.1, 0.15) is 0 Å². The van der Waals surface area contributed by atoms with Gasteiger partial charge in [-0.15, -0.1) is 0 Å². The Bertz CT molecular complexity index is 263.